The van der Waals surface area contributed by atoms with Crippen molar-refractivity contribution in [2.45, 2.75) is 37.2 Å². The Hall–Kier alpha value is -1.65. The number of nitrogens with one attached hydrogen (secondary N) is 2. The second-order valence-electron chi connectivity index (χ2n) is 6.63. The topological polar surface area (TPSA) is 119 Å². The molecule has 26 heavy (non-hydrogen) atoms. The van der Waals surface area contributed by atoms with Gasteiger partial charge in [0.05, 0.1) is 23.5 Å². The summed E-state index contributed by atoms with van der Waals surface area (Å²) in [7, 11) is -5.58. The molecular weight excluding hydrogens is 380 g/mol. The minimum Gasteiger partial charge on any atom is -0.497 e. The van der Waals surface area contributed by atoms with E-state index in [1.54, 1.807) is 13.8 Å². The molecule has 8 nitrogen and oxygen atoms in total. The highest BCUT2D eigenvalue weighted by Crippen LogP contribution is 2.17. The normalized spacial score (nSPS) is 20.7. The summed E-state index contributed by atoms with van der Waals surface area (Å²) in [4.78, 5) is 12.5. The molecule has 1 fully saturated rings. The molecule has 1 heterocycles. The number of hydrogen-bond donors (Lipinski definition) is 2. The number of ether oxygens (including phenoxy) is 1. The third-order valence-electron chi connectivity index (χ3n) is 4.18. The third kappa shape index (κ3) is 5.18. The van der Waals surface area contributed by atoms with Crippen LogP contribution in [-0.4, -0.2) is 53.4 Å². The van der Waals surface area contributed by atoms with Gasteiger partial charge in [-0.05, 0) is 36.6 Å². The number of carbonyl (C=O) groups excluding carboxylic acids is 1. The van der Waals surface area contributed by atoms with E-state index in [1.165, 1.54) is 31.4 Å². The average Bonchev–Trinajstić information content (AvgIpc) is 2.91. The Labute approximate surface area is 154 Å². The molecule has 2 rings (SSSR count). The number of hydrogen-bond acceptors (Lipinski definition) is 6. The molecule has 2 N–H and O–H groups in total. The maximum absolute atomic E-state index is 12.6. The van der Waals surface area contributed by atoms with Crippen molar-refractivity contribution in [1.29, 1.82) is 0 Å². The van der Waals surface area contributed by atoms with E-state index in [-0.39, 0.29) is 22.3 Å². The van der Waals surface area contributed by atoms with E-state index >= 15 is 0 Å². The van der Waals surface area contributed by atoms with E-state index < -0.39 is 37.9 Å². The van der Waals surface area contributed by atoms with Crippen molar-refractivity contribution in [2.75, 3.05) is 18.6 Å². The van der Waals surface area contributed by atoms with Gasteiger partial charge in [0.25, 0.3) is 0 Å². The zero-order valence-electron chi connectivity index (χ0n) is 14.9. The average molecular weight is 405 g/mol. The summed E-state index contributed by atoms with van der Waals surface area (Å²) in [6.45, 7) is 3.43. The Morgan fingerprint density at radius 2 is 1.85 bits per heavy atom. The Bertz CT molecular complexity index is 847. The maximum Gasteiger partial charge on any atom is 0.241 e. The molecule has 0 radical (unpaired) electrons. The van der Waals surface area contributed by atoms with E-state index in [9.17, 15) is 21.6 Å². The van der Waals surface area contributed by atoms with Gasteiger partial charge < -0.3 is 10.1 Å². The van der Waals surface area contributed by atoms with Crippen LogP contribution < -0.4 is 14.8 Å². The minimum atomic E-state index is -3.92. The lowest BCUT2D eigenvalue weighted by Crippen LogP contribution is -2.52. The summed E-state index contributed by atoms with van der Waals surface area (Å²) in [5.74, 6) is -0.416. The quantitative estimate of drug-likeness (QED) is 0.675. The van der Waals surface area contributed by atoms with Crippen molar-refractivity contribution in [3.63, 3.8) is 0 Å². The Morgan fingerprint density at radius 3 is 2.31 bits per heavy atom. The van der Waals surface area contributed by atoms with Crippen molar-refractivity contribution < 1.29 is 26.4 Å². The first-order valence-corrected chi connectivity index (χ1v) is 11.5. The summed E-state index contributed by atoms with van der Waals surface area (Å²) in [5.41, 5.74) is 0. The fourth-order valence-electron chi connectivity index (χ4n) is 2.68. The Balaban J connectivity index is 2.12. The fraction of sp³-hybridized carbons (Fsp3) is 0.562. The summed E-state index contributed by atoms with van der Waals surface area (Å²) in [5, 5.41) is 2.64. The highest BCUT2D eigenvalue weighted by atomic mass is 32.2. The highest BCUT2D eigenvalue weighted by molar-refractivity contribution is 7.91. The molecule has 1 aliphatic rings. The van der Waals surface area contributed by atoms with Crippen molar-refractivity contribution in [1.82, 2.24) is 10.0 Å². The minimum absolute atomic E-state index is 0.0141. The highest BCUT2D eigenvalue weighted by Gasteiger charge is 2.33. The zero-order valence-corrected chi connectivity index (χ0v) is 16.6. The molecule has 1 saturated heterocycles. The molecule has 1 amide bonds. The van der Waals surface area contributed by atoms with Crippen LogP contribution in [0.25, 0.3) is 0 Å². The Morgan fingerprint density at radius 1 is 1.23 bits per heavy atom. The van der Waals surface area contributed by atoms with Gasteiger partial charge in [-0.3, -0.25) is 4.79 Å². The lowest BCUT2D eigenvalue weighted by Gasteiger charge is -2.23. The molecule has 0 saturated carbocycles. The second-order valence-corrected chi connectivity index (χ2v) is 10.6. The van der Waals surface area contributed by atoms with Gasteiger partial charge in [-0.2, -0.15) is 4.72 Å². The first-order valence-electron chi connectivity index (χ1n) is 8.21. The van der Waals surface area contributed by atoms with Crippen molar-refractivity contribution in [3.8, 4) is 5.75 Å². The molecule has 146 valence electrons. The van der Waals surface area contributed by atoms with Gasteiger partial charge in [0, 0.05) is 6.04 Å². The number of sulfone groups is 1. The van der Waals surface area contributed by atoms with E-state index in [0.717, 1.165) is 0 Å². The number of sulfonamides is 1. The van der Waals surface area contributed by atoms with Gasteiger partial charge in [-0.25, -0.2) is 16.8 Å². The predicted octanol–water partition coefficient (Wildman–Crippen LogP) is 0.301. The predicted molar refractivity (Wildman–Crippen MR) is 97.1 cm³/mol. The molecule has 1 unspecified atom stereocenters. The van der Waals surface area contributed by atoms with Crippen LogP contribution >= 0.6 is 0 Å². The Kier molecular flexibility index (Phi) is 6.30. The summed E-state index contributed by atoms with van der Waals surface area (Å²) in [6, 6.07) is 4.31. The van der Waals surface area contributed by atoms with E-state index in [0.29, 0.717) is 12.2 Å². The molecule has 2 atom stereocenters. The molecule has 0 bridgehead atoms. The lowest BCUT2D eigenvalue weighted by molar-refractivity contribution is -0.124. The third-order valence-corrected chi connectivity index (χ3v) is 7.40. The van der Waals surface area contributed by atoms with Gasteiger partial charge in [0.2, 0.25) is 15.9 Å². The van der Waals surface area contributed by atoms with Crippen molar-refractivity contribution >= 4 is 25.8 Å². The molecule has 0 aromatic heterocycles. The molecule has 1 aromatic carbocycles. The van der Waals surface area contributed by atoms with Crippen molar-refractivity contribution in [2.24, 2.45) is 5.92 Å². The summed E-state index contributed by atoms with van der Waals surface area (Å²) in [6.07, 6.45) is 0.337. The van der Waals surface area contributed by atoms with Crippen LogP contribution in [0.15, 0.2) is 29.2 Å². The zero-order chi connectivity index (χ0) is 19.5. The number of amides is 1. The summed E-state index contributed by atoms with van der Waals surface area (Å²) >= 11 is 0. The molecule has 1 aromatic rings. The first-order chi connectivity index (χ1) is 12.0. The molecule has 0 aliphatic carbocycles. The van der Waals surface area contributed by atoms with E-state index in [1.807, 2.05) is 0 Å². The monoisotopic (exact) mass is 404 g/mol. The van der Waals surface area contributed by atoms with Crippen molar-refractivity contribution in [3.05, 3.63) is 24.3 Å². The van der Waals surface area contributed by atoms with E-state index in [2.05, 4.69) is 10.0 Å². The molecule has 10 heteroatoms. The number of rotatable bonds is 7. The van der Waals surface area contributed by atoms with Crippen LogP contribution in [0.3, 0.4) is 0 Å². The smallest absolute Gasteiger partial charge is 0.241 e. The summed E-state index contributed by atoms with van der Waals surface area (Å²) < 4.78 is 55.6. The van der Waals surface area contributed by atoms with Crippen LogP contribution in [0.5, 0.6) is 5.75 Å². The SMILES string of the molecule is COc1ccc(S(=O)(=O)N[C@H](C(=O)NC2CCS(=O)(=O)C2)C(C)C)cc1. The standard InChI is InChI=1S/C16H24N2O6S2/c1-11(2)15(16(19)17-12-8-9-25(20,21)10-12)18-26(22,23)14-6-4-13(24-3)5-7-14/h4-7,11-12,15,18H,8-10H2,1-3H3,(H,17,19)/t12?,15-/m0/s1. The van der Waals surface area contributed by atoms with Crippen LogP contribution in [0.1, 0.15) is 20.3 Å². The number of benzene rings is 1. The molecular formula is C16H24N2O6S2. The number of carbonyl (C=O) groups is 1. The maximum atomic E-state index is 12.6. The van der Waals surface area contributed by atoms with Crippen LogP contribution in [0.4, 0.5) is 0 Å². The van der Waals surface area contributed by atoms with Crippen LogP contribution in [0.2, 0.25) is 0 Å². The van der Waals surface area contributed by atoms with Gasteiger partial charge in [-0.15, -0.1) is 0 Å². The van der Waals surface area contributed by atoms with Crippen LogP contribution in [0, 0.1) is 5.92 Å². The number of methoxy groups -OCH3 is 1. The van der Waals surface area contributed by atoms with E-state index in [4.69, 9.17) is 4.74 Å². The largest absolute Gasteiger partial charge is 0.497 e. The first kappa shape index (κ1) is 20.7. The van der Waals surface area contributed by atoms with Crippen LogP contribution in [-0.2, 0) is 24.7 Å². The molecule has 0 spiro atoms. The van der Waals surface area contributed by atoms with Gasteiger partial charge in [-0.1, -0.05) is 13.8 Å². The second kappa shape index (κ2) is 7.93. The fourth-order valence-corrected chi connectivity index (χ4v) is 5.70. The molecule has 1 aliphatic heterocycles. The van der Waals surface area contributed by atoms with Gasteiger partial charge in [0.1, 0.15) is 11.8 Å². The lowest BCUT2D eigenvalue weighted by atomic mass is 10.0. The van der Waals surface area contributed by atoms with Gasteiger partial charge >= 0.3 is 0 Å². The van der Waals surface area contributed by atoms with Gasteiger partial charge in [0.15, 0.2) is 9.84 Å².